The van der Waals surface area contributed by atoms with Crippen LogP contribution in [0.1, 0.15) is 32.3 Å². The molecule has 1 unspecified atom stereocenters. The van der Waals surface area contributed by atoms with Gasteiger partial charge in [0.1, 0.15) is 5.82 Å². The van der Waals surface area contributed by atoms with Crippen molar-refractivity contribution in [1.29, 1.82) is 0 Å². The third kappa shape index (κ3) is 3.68. The minimum Gasteiger partial charge on any atom is -0.377 e. The predicted octanol–water partition coefficient (Wildman–Crippen LogP) is 3.81. The molecular formula is C15H23ClFNO. The van der Waals surface area contributed by atoms with Gasteiger partial charge in [-0.3, -0.25) is 0 Å². The third-order valence-electron chi connectivity index (χ3n) is 4.02. The van der Waals surface area contributed by atoms with Crippen LogP contribution < -0.4 is 5.32 Å². The Hall–Kier alpha value is -0.640. The minimum atomic E-state index is -0.260. The maximum Gasteiger partial charge on any atom is 0.123 e. The van der Waals surface area contributed by atoms with E-state index in [9.17, 15) is 4.39 Å². The summed E-state index contributed by atoms with van der Waals surface area (Å²) < 4.78 is 19.1. The van der Waals surface area contributed by atoms with E-state index in [2.05, 4.69) is 19.2 Å². The fourth-order valence-electron chi connectivity index (χ4n) is 2.64. The number of hydrogen-bond acceptors (Lipinski definition) is 2. The highest BCUT2D eigenvalue weighted by Gasteiger charge is 2.35. The Morgan fingerprint density at radius 2 is 2.00 bits per heavy atom. The fourth-order valence-corrected chi connectivity index (χ4v) is 2.84. The SMILES string of the molecule is CCC(CC)(OC)C(Cc1cc(F)ccc1Cl)NC. The van der Waals surface area contributed by atoms with Gasteiger partial charge < -0.3 is 10.1 Å². The zero-order chi connectivity index (χ0) is 14.5. The van der Waals surface area contributed by atoms with Crippen LogP contribution in [0.25, 0.3) is 0 Å². The molecule has 0 radical (unpaired) electrons. The summed E-state index contributed by atoms with van der Waals surface area (Å²) in [5.41, 5.74) is 0.550. The van der Waals surface area contributed by atoms with E-state index in [0.717, 1.165) is 18.4 Å². The van der Waals surface area contributed by atoms with Gasteiger partial charge in [0.2, 0.25) is 0 Å². The van der Waals surface area contributed by atoms with Crippen LogP contribution in [0.2, 0.25) is 5.02 Å². The topological polar surface area (TPSA) is 21.3 Å². The Morgan fingerprint density at radius 3 is 2.47 bits per heavy atom. The predicted molar refractivity (Wildman–Crippen MR) is 78.3 cm³/mol. The maximum absolute atomic E-state index is 13.3. The average molecular weight is 288 g/mol. The quantitative estimate of drug-likeness (QED) is 0.823. The molecular weight excluding hydrogens is 265 g/mol. The van der Waals surface area contributed by atoms with Gasteiger partial charge in [-0.1, -0.05) is 25.4 Å². The highest BCUT2D eigenvalue weighted by Crippen LogP contribution is 2.28. The lowest BCUT2D eigenvalue weighted by atomic mass is 9.84. The Kier molecular flexibility index (Phi) is 6.24. The molecule has 4 heteroatoms. The molecule has 0 fully saturated rings. The number of methoxy groups -OCH3 is 1. The number of benzene rings is 1. The summed E-state index contributed by atoms with van der Waals surface area (Å²) in [6.45, 7) is 4.20. The van der Waals surface area contributed by atoms with Gasteiger partial charge in [0.05, 0.1) is 5.60 Å². The number of nitrogens with one attached hydrogen (secondary N) is 1. The Balaban J connectivity index is 3.01. The molecule has 0 amide bonds. The van der Waals surface area contributed by atoms with Gasteiger partial charge in [0, 0.05) is 18.2 Å². The van der Waals surface area contributed by atoms with Crippen LogP contribution in [0.4, 0.5) is 4.39 Å². The van der Waals surface area contributed by atoms with Gasteiger partial charge >= 0.3 is 0 Å². The van der Waals surface area contributed by atoms with Crippen molar-refractivity contribution < 1.29 is 9.13 Å². The number of rotatable bonds is 7. The van der Waals surface area contributed by atoms with E-state index in [1.54, 1.807) is 13.2 Å². The van der Waals surface area contributed by atoms with E-state index in [-0.39, 0.29) is 17.5 Å². The summed E-state index contributed by atoms with van der Waals surface area (Å²) >= 11 is 6.14. The molecule has 0 aromatic heterocycles. The zero-order valence-electron chi connectivity index (χ0n) is 12.1. The molecule has 2 nitrogen and oxygen atoms in total. The molecule has 0 aliphatic heterocycles. The first-order chi connectivity index (χ1) is 9.02. The summed E-state index contributed by atoms with van der Waals surface area (Å²) in [7, 11) is 3.63. The van der Waals surface area contributed by atoms with Gasteiger partial charge in [-0.2, -0.15) is 0 Å². The molecule has 0 heterocycles. The van der Waals surface area contributed by atoms with Crippen LogP contribution >= 0.6 is 11.6 Å². The highest BCUT2D eigenvalue weighted by atomic mass is 35.5. The normalized spacial score (nSPS) is 13.6. The van der Waals surface area contributed by atoms with E-state index >= 15 is 0 Å². The zero-order valence-corrected chi connectivity index (χ0v) is 12.9. The second-order valence-corrected chi connectivity index (χ2v) is 5.16. The van der Waals surface area contributed by atoms with Crippen molar-refractivity contribution >= 4 is 11.6 Å². The molecule has 1 aromatic rings. The van der Waals surface area contributed by atoms with Gasteiger partial charge in [-0.15, -0.1) is 0 Å². The maximum atomic E-state index is 13.3. The smallest absolute Gasteiger partial charge is 0.123 e. The molecule has 0 saturated carbocycles. The lowest BCUT2D eigenvalue weighted by molar-refractivity contribution is -0.0454. The summed E-state index contributed by atoms with van der Waals surface area (Å²) in [6.07, 6.45) is 2.42. The molecule has 0 spiro atoms. The third-order valence-corrected chi connectivity index (χ3v) is 4.39. The van der Waals surface area contributed by atoms with Crippen molar-refractivity contribution in [3.8, 4) is 0 Å². The van der Waals surface area contributed by atoms with Crippen molar-refractivity contribution in [2.45, 2.75) is 44.8 Å². The van der Waals surface area contributed by atoms with Gasteiger partial charge in [-0.05, 0) is 50.1 Å². The first kappa shape index (κ1) is 16.4. The first-order valence-electron chi connectivity index (χ1n) is 6.69. The van der Waals surface area contributed by atoms with Crippen LogP contribution in [0.5, 0.6) is 0 Å². The molecule has 1 atom stereocenters. The standard InChI is InChI=1S/C15H23ClFNO/c1-5-15(6-2,19-4)14(18-3)10-11-9-12(17)7-8-13(11)16/h7-9,14,18H,5-6,10H2,1-4H3. The number of hydrogen-bond donors (Lipinski definition) is 1. The summed E-state index contributed by atoms with van der Waals surface area (Å²) in [6, 6.07) is 4.57. The number of ether oxygens (including phenoxy) is 1. The van der Waals surface area contributed by atoms with Gasteiger partial charge in [-0.25, -0.2) is 4.39 Å². The van der Waals surface area contributed by atoms with E-state index in [1.165, 1.54) is 12.1 Å². The van der Waals surface area contributed by atoms with Crippen LogP contribution in [-0.4, -0.2) is 25.8 Å². The number of halogens is 2. The van der Waals surface area contributed by atoms with Crippen molar-refractivity contribution in [1.82, 2.24) is 5.32 Å². The Morgan fingerprint density at radius 1 is 1.37 bits per heavy atom. The molecule has 0 bridgehead atoms. The molecule has 0 saturated heterocycles. The first-order valence-corrected chi connectivity index (χ1v) is 7.07. The summed E-state index contributed by atoms with van der Waals surface area (Å²) in [5, 5.41) is 3.88. The van der Waals surface area contributed by atoms with E-state index in [0.29, 0.717) is 11.4 Å². The molecule has 1 aromatic carbocycles. The largest absolute Gasteiger partial charge is 0.377 e. The second kappa shape index (κ2) is 7.22. The molecule has 19 heavy (non-hydrogen) atoms. The highest BCUT2D eigenvalue weighted by molar-refractivity contribution is 6.31. The lowest BCUT2D eigenvalue weighted by Crippen LogP contribution is -2.51. The van der Waals surface area contributed by atoms with Gasteiger partial charge in [0.15, 0.2) is 0 Å². The van der Waals surface area contributed by atoms with Crippen LogP contribution in [0.15, 0.2) is 18.2 Å². The molecule has 0 aliphatic carbocycles. The van der Waals surface area contributed by atoms with Crippen LogP contribution in [-0.2, 0) is 11.2 Å². The Labute approximate surface area is 120 Å². The monoisotopic (exact) mass is 287 g/mol. The van der Waals surface area contributed by atoms with Crippen molar-refractivity contribution in [3.05, 3.63) is 34.6 Å². The lowest BCUT2D eigenvalue weighted by Gasteiger charge is -2.38. The summed E-state index contributed by atoms with van der Waals surface area (Å²) in [4.78, 5) is 0. The van der Waals surface area contributed by atoms with Crippen LogP contribution in [0.3, 0.4) is 0 Å². The second-order valence-electron chi connectivity index (χ2n) is 4.76. The van der Waals surface area contributed by atoms with E-state index in [4.69, 9.17) is 16.3 Å². The number of likely N-dealkylation sites (N-methyl/N-ethyl adjacent to an activating group) is 1. The molecule has 108 valence electrons. The fraction of sp³-hybridized carbons (Fsp3) is 0.600. The molecule has 1 N–H and O–H groups in total. The van der Waals surface area contributed by atoms with E-state index < -0.39 is 0 Å². The molecule has 1 rings (SSSR count). The Bertz CT molecular complexity index is 399. The average Bonchev–Trinajstić information content (AvgIpc) is 2.43. The van der Waals surface area contributed by atoms with Gasteiger partial charge in [0.25, 0.3) is 0 Å². The molecule has 0 aliphatic rings. The van der Waals surface area contributed by atoms with Crippen LogP contribution in [0, 0.1) is 5.82 Å². The van der Waals surface area contributed by atoms with E-state index in [1.807, 2.05) is 7.05 Å². The van der Waals surface area contributed by atoms with Crippen molar-refractivity contribution in [3.63, 3.8) is 0 Å². The van der Waals surface area contributed by atoms with Crippen molar-refractivity contribution in [2.75, 3.05) is 14.2 Å². The summed E-state index contributed by atoms with van der Waals surface area (Å²) in [5.74, 6) is -0.259. The van der Waals surface area contributed by atoms with Crippen molar-refractivity contribution in [2.24, 2.45) is 0 Å². The minimum absolute atomic E-state index is 0.0896.